The van der Waals surface area contributed by atoms with Crippen LogP contribution in [0.2, 0.25) is 0 Å². The Kier molecular flexibility index (Phi) is 3.80. The smallest absolute Gasteiger partial charge is 0.238 e. The summed E-state index contributed by atoms with van der Waals surface area (Å²) in [6, 6.07) is 4.90. The Morgan fingerprint density at radius 2 is 2.08 bits per heavy atom. The van der Waals surface area contributed by atoms with Crippen LogP contribution in [0.1, 0.15) is 51.1 Å². The molecule has 3 aliphatic rings. The van der Waals surface area contributed by atoms with E-state index in [0.29, 0.717) is 5.92 Å². The molecule has 4 atom stereocenters. The van der Waals surface area contributed by atoms with Crippen molar-refractivity contribution in [2.24, 2.45) is 22.5 Å². The highest BCUT2D eigenvalue weighted by atomic mass is 32.2. The average Bonchev–Trinajstić information content (AvgIpc) is 3.02. The van der Waals surface area contributed by atoms with E-state index in [9.17, 15) is 17.6 Å². The Balaban J connectivity index is 1.62. The molecule has 0 radical (unpaired) electrons. The number of nitrogens with zero attached hydrogens (tertiary/aromatic N) is 1. The van der Waals surface area contributed by atoms with Crippen molar-refractivity contribution in [1.82, 2.24) is 4.31 Å². The van der Waals surface area contributed by atoms with Crippen LogP contribution in [-0.4, -0.2) is 30.4 Å². The molecule has 2 N–H and O–H groups in total. The lowest BCUT2D eigenvalue weighted by atomic mass is 9.69. The first-order valence-corrected chi connectivity index (χ1v) is 10.8. The Labute approximate surface area is 153 Å². The molecule has 4 rings (SSSR count). The highest BCUT2D eigenvalue weighted by Gasteiger charge is 2.72. The number of amides is 1. The molecular weight excluding hydrogens is 355 g/mol. The van der Waals surface area contributed by atoms with Gasteiger partial charge in [-0.3, -0.25) is 4.79 Å². The third-order valence-corrected chi connectivity index (χ3v) is 9.29. The lowest BCUT2D eigenvalue weighted by molar-refractivity contribution is -0.129. The van der Waals surface area contributed by atoms with Crippen LogP contribution in [0.25, 0.3) is 0 Å². The summed E-state index contributed by atoms with van der Waals surface area (Å²) in [5, 5.41) is 0. The maximum absolute atomic E-state index is 13.9. The van der Waals surface area contributed by atoms with E-state index in [1.807, 2.05) is 0 Å². The second kappa shape index (κ2) is 5.52. The highest BCUT2D eigenvalue weighted by Crippen LogP contribution is 2.70. The van der Waals surface area contributed by atoms with E-state index in [1.165, 1.54) is 12.1 Å². The number of sulfonamides is 1. The Hall–Kier alpha value is -1.47. The predicted octanol–water partition coefficient (Wildman–Crippen LogP) is 2.58. The Bertz CT molecular complexity index is 869. The lowest BCUT2D eigenvalue weighted by Crippen LogP contribution is -2.44. The molecule has 1 aromatic carbocycles. The molecular formula is C19H25FN2O3S. The van der Waals surface area contributed by atoms with Crippen LogP contribution in [0.5, 0.6) is 0 Å². The van der Waals surface area contributed by atoms with E-state index in [1.54, 1.807) is 12.1 Å². The van der Waals surface area contributed by atoms with Crippen LogP contribution in [-0.2, 0) is 14.8 Å². The minimum atomic E-state index is -3.66. The zero-order valence-electron chi connectivity index (χ0n) is 15.1. The van der Waals surface area contributed by atoms with Gasteiger partial charge < -0.3 is 5.73 Å². The van der Waals surface area contributed by atoms with E-state index in [0.717, 1.165) is 23.6 Å². The van der Waals surface area contributed by atoms with Crippen molar-refractivity contribution in [3.63, 3.8) is 0 Å². The fourth-order valence-corrected chi connectivity index (χ4v) is 8.34. The highest BCUT2D eigenvalue weighted by molar-refractivity contribution is 7.90. The van der Waals surface area contributed by atoms with Gasteiger partial charge in [-0.05, 0) is 36.7 Å². The van der Waals surface area contributed by atoms with Gasteiger partial charge in [0, 0.05) is 23.4 Å². The molecule has 3 fully saturated rings. The van der Waals surface area contributed by atoms with Crippen molar-refractivity contribution in [2.75, 3.05) is 5.75 Å². The van der Waals surface area contributed by atoms with Crippen LogP contribution in [0.3, 0.4) is 0 Å². The van der Waals surface area contributed by atoms with Crippen LogP contribution in [0.15, 0.2) is 24.3 Å². The maximum Gasteiger partial charge on any atom is 0.238 e. The van der Waals surface area contributed by atoms with Gasteiger partial charge in [-0.15, -0.1) is 0 Å². The molecule has 142 valence electrons. The molecule has 1 aliphatic heterocycles. The van der Waals surface area contributed by atoms with Crippen molar-refractivity contribution in [1.29, 1.82) is 0 Å². The number of nitrogens with two attached hydrogens (primary N) is 1. The van der Waals surface area contributed by atoms with Gasteiger partial charge in [0.1, 0.15) is 5.82 Å². The first-order chi connectivity index (χ1) is 12.1. The Morgan fingerprint density at radius 3 is 2.73 bits per heavy atom. The number of carbonyl (C=O) groups excluding carboxylic acids is 1. The second-order valence-electron chi connectivity index (χ2n) is 8.64. The number of rotatable bonds is 3. The summed E-state index contributed by atoms with van der Waals surface area (Å²) in [6.07, 6.45) is 2.39. The van der Waals surface area contributed by atoms with E-state index >= 15 is 0 Å². The quantitative estimate of drug-likeness (QED) is 0.874. The SMILES string of the molecule is CC1(C)[C@H]2CC[C@@]13CS(=O)(=O)N(C(=O)C[C@@H](N)c1ccccc1F)[C@H]3C2. The molecule has 1 amide bonds. The standard InChI is InChI=1S/C19H25FN2O3S/c1-18(2)12-7-8-19(18)11-26(24,25)22(16(19)9-12)17(23)10-15(21)13-5-3-4-6-14(13)20/h3-6,12,15-16H,7-11,21H2,1-2H3/t12-,15+,16-,19-/m0/s1. The number of fused-ring (bicyclic) bond motifs is 1. The van der Waals surface area contributed by atoms with Crippen molar-refractivity contribution in [3.05, 3.63) is 35.6 Å². The molecule has 1 aromatic rings. The number of halogens is 1. The van der Waals surface area contributed by atoms with Gasteiger partial charge >= 0.3 is 0 Å². The molecule has 26 heavy (non-hydrogen) atoms. The van der Waals surface area contributed by atoms with E-state index in [-0.39, 0.29) is 34.6 Å². The monoisotopic (exact) mass is 380 g/mol. The first-order valence-electron chi connectivity index (χ1n) is 9.15. The predicted molar refractivity (Wildman–Crippen MR) is 95.9 cm³/mol. The fraction of sp³-hybridized carbons (Fsp3) is 0.632. The molecule has 2 bridgehead atoms. The van der Waals surface area contributed by atoms with Crippen molar-refractivity contribution < 1.29 is 17.6 Å². The summed E-state index contributed by atoms with van der Waals surface area (Å²) >= 11 is 0. The van der Waals surface area contributed by atoms with E-state index < -0.39 is 27.8 Å². The summed E-state index contributed by atoms with van der Waals surface area (Å²) in [5.74, 6) is -0.506. The number of carbonyl (C=O) groups is 1. The zero-order valence-corrected chi connectivity index (χ0v) is 15.9. The largest absolute Gasteiger partial charge is 0.323 e. The molecule has 2 aliphatic carbocycles. The van der Waals surface area contributed by atoms with Crippen LogP contribution in [0, 0.1) is 22.6 Å². The molecule has 7 heteroatoms. The molecule has 1 heterocycles. The Morgan fingerprint density at radius 1 is 1.38 bits per heavy atom. The molecule has 5 nitrogen and oxygen atoms in total. The van der Waals surface area contributed by atoms with Crippen molar-refractivity contribution in [2.45, 2.75) is 51.6 Å². The van der Waals surface area contributed by atoms with E-state index in [2.05, 4.69) is 13.8 Å². The summed E-state index contributed by atoms with van der Waals surface area (Å²) in [5.41, 5.74) is 5.83. The number of hydrogen-bond donors (Lipinski definition) is 1. The summed E-state index contributed by atoms with van der Waals surface area (Å²) in [4.78, 5) is 12.9. The summed E-state index contributed by atoms with van der Waals surface area (Å²) in [6.45, 7) is 4.28. The summed E-state index contributed by atoms with van der Waals surface area (Å²) in [7, 11) is -3.66. The molecule has 2 saturated carbocycles. The second-order valence-corrected chi connectivity index (χ2v) is 10.5. The third kappa shape index (κ3) is 2.22. The maximum atomic E-state index is 13.9. The minimum Gasteiger partial charge on any atom is -0.323 e. The third-order valence-electron chi connectivity index (χ3n) is 7.36. The van der Waals surface area contributed by atoms with Crippen molar-refractivity contribution in [3.8, 4) is 0 Å². The zero-order chi connectivity index (χ0) is 18.9. The molecule has 1 spiro atoms. The molecule has 0 aromatic heterocycles. The van der Waals surface area contributed by atoms with Crippen LogP contribution >= 0.6 is 0 Å². The van der Waals surface area contributed by atoms with E-state index in [4.69, 9.17) is 5.73 Å². The van der Waals surface area contributed by atoms with Gasteiger partial charge in [-0.1, -0.05) is 32.0 Å². The minimum absolute atomic E-state index is 0.0366. The van der Waals surface area contributed by atoms with Crippen LogP contribution < -0.4 is 5.73 Å². The van der Waals surface area contributed by atoms with Gasteiger partial charge in [0.05, 0.1) is 11.8 Å². The first kappa shape index (κ1) is 17.9. The number of hydrogen-bond acceptors (Lipinski definition) is 4. The normalized spacial score (nSPS) is 34.7. The molecule has 0 unspecified atom stereocenters. The van der Waals surface area contributed by atoms with Gasteiger partial charge in [0.15, 0.2) is 0 Å². The van der Waals surface area contributed by atoms with Crippen molar-refractivity contribution >= 4 is 15.9 Å². The lowest BCUT2D eigenvalue weighted by Gasteiger charge is -2.37. The topological polar surface area (TPSA) is 80.5 Å². The van der Waals surface area contributed by atoms with Gasteiger partial charge in [0.25, 0.3) is 0 Å². The molecule has 1 saturated heterocycles. The van der Waals surface area contributed by atoms with Gasteiger partial charge in [-0.2, -0.15) is 0 Å². The average molecular weight is 380 g/mol. The van der Waals surface area contributed by atoms with Crippen LogP contribution in [0.4, 0.5) is 4.39 Å². The number of benzene rings is 1. The van der Waals surface area contributed by atoms with Gasteiger partial charge in [-0.25, -0.2) is 17.1 Å². The summed E-state index contributed by atoms with van der Waals surface area (Å²) < 4.78 is 40.8. The fourth-order valence-electron chi connectivity index (χ4n) is 5.78. The van der Waals surface area contributed by atoms with Gasteiger partial charge in [0.2, 0.25) is 15.9 Å².